The van der Waals surface area contributed by atoms with Gasteiger partial charge in [0.25, 0.3) is 0 Å². The van der Waals surface area contributed by atoms with Gasteiger partial charge in [0.05, 0.1) is 0 Å². The number of aromatic nitrogens is 1. The summed E-state index contributed by atoms with van der Waals surface area (Å²) in [6.07, 6.45) is 3.64. The molecule has 0 aromatic carbocycles. The average Bonchev–Trinajstić information content (AvgIpc) is 2.62. The second-order valence-electron chi connectivity index (χ2n) is 6.99. The number of piperazine rings is 1. The van der Waals surface area contributed by atoms with Crippen molar-refractivity contribution in [1.29, 1.82) is 0 Å². The Hall–Kier alpha value is -1.66. The number of nitrogens with zero attached hydrogens (tertiary/aromatic N) is 4. The number of carbonyl (C=O) groups excluding carboxylic acids is 1. The van der Waals surface area contributed by atoms with E-state index in [1.165, 1.54) is 0 Å². The summed E-state index contributed by atoms with van der Waals surface area (Å²) >= 11 is 0. The van der Waals surface area contributed by atoms with Crippen molar-refractivity contribution in [3.8, 4) is 0 Å². The number of rotatable bonds is 3. The van der Waals surface area contributed by atoms with Crippen LogP contribution in [0.3, 0.4) is 0 Å². The van der Waals surface area contributed by atoms with Gasteiger partial charge < -0.3 is 14.5 Å². The lowest BCUT2D eigenvalue weighted by Gasteiger charge is -2.49. The van der Waals surface area contributed by atoms with Crippen LogP contribution in [-0.2, 0) is 9.53 Å². The number of carbonyl (C=O) groups is 1. The molecule has 0 N–H and O–H groups in total. The van der Waals surface area contributed by atoms with Gasteiger partial charge in [-0.25, -0.2) is 4.98 Å². The fourth-order valence-electron chi connectivity index (χ4n) is 3.93. The van der Waals surface area contributed by atoms with Crippen LogP contribution in [0, 0.1) is 5.92 Å². The summed E-state index contributed by atoms with van der Waals surface area (Å²) < 4.78 is 5.36. The van der Waals surface area contributed by atoms with E-state index in [0.717, 1.165) is 71.1 Å². The van der Waals surface area contributed by atoms with Crippen molar-refractivity contribution in [2.45, 2.75) is 18.9 Å². The Kier molecular flexibility index (Phi) is 4.67. The van der Waals surface area contributed by atoms with Gasteiger partial charge in [-0.2, -0.15) is 0 Å². The van der Waals surface area contributed by atoms with Crippen LogP contribution in [0.5, 0.6) is 0 Å². The number of likely N-dealkylation sites (tertiary alicyclic amines) is 1. The average molecular weight is 330 g/mol. The molecule has 3 aliphatic heterocycles. The second-order valence-corrected chi connectivity index (χ2v) is 6.99. The normalized spacial score (nSPS) is 24.0. The van der Waals surface area contributed by atoms with Crippen LogP contribution >= 0.6 is 0 Å². The van der Waals surface area contributed by atoms with Crippen molar-refractivity contribution in [2.24, 2.45) is 5.92 Å². The molecule has 1 aromatic heterocycles. The minimum Gasteiger partial charge on any atom is -0.381 e. The van der Waals surface area contributed by atoms with Gasteiger partial charge in [0, 0.05) is 70.6 Å². The van der Waals surface area contributed by atoms with Gasteiger partial charge in [-0.05, 0) is 25.0 Å². The molecule has 24 heavy (non-hydrogen) atoms. The molecule has 1 amide bonds. The summed E-state index contributed by atoms with van der Waals surface area (Å²) in [7, 11) is 0. The van der Waals surface area contributed by atoms with Crippen molar-refractivity contribution in [2.75, 3.05) is 57.4 Å². The van der Waals surface area contributed by atoms with E-state index in [1.54, 1.807) is 0 Å². The van der Waals surface area contributed by atoms with Crippen LogP contribution in [0.15, 0.2) is 24.4 Å². The van der Waals surface area contributed by atoms with Crippen molar-refractivity contribution < 1.29 is 9.53 Å². The topological polar surface area (TPSA) is 48.9 Å². The fourth-order valence-corrected chi connectivity index (χ4v) is 3.93. The first-order valence-corrected chi connectivity index (χ1v) is 9.08. The molecular weight excluding hydrogens is 304 g/mol. The first-order valence-electron chi connectivity index (χ1n) is 9.08. The molecule has 4 rings (SSSR count). The number of pyridine rings is 1. The van der Waals surface area contributed by atoms with Gasteiger partial charge in [0.15, 0.2) is 0 Å². The maximum absolute atomic E-state index is 12.5. The Balaban J connectivity index is 1.23. The van der Waals surface area contributed by atoms with Gasteiger partial charge in [-0.3, -0.25) is 9.69 Å². The quantitative estimate of drug-likeness (QED) is 0.822. The summed E-state index contributed by atoms with van der Waals surface area (Å²) in [5.74, 6) is 1.62. The van der Waals surface area contributed by atoms with Crippen molar-refractivity contribution >= 4 is 11.7 Å². The Bertz CT molecular complexity index is 547. The van der Waals surface area contributed by atoms with Gasteiger partial charge >= 0.3 is 0 Å². The molecule has 0 spiro atoms. The summed E-state index contributed by atoms with van der Waals surface area (Å²) in [6, 6.07) is 6.62. The van der Waals surface area contributed by atoms with Gasteiger partial charge in [-0.1, -0.05) is 6.07 Å². The van der Waals surface area contributed by atoms with Crippen LogP contribution in [0.1, 0.15) is 12.8 Å². The SMILES string of the molecule is O=C(C1CCOCC1)N1CC(N2CCN(c3ccccn3)CC2)C1. The third kappa shape index (κ3) is 3.26. The van der Waals surface area contributed by atoms with Gasteiger partial charge in [-0.15, -0.1) is 0 Å². The Morgan fingerprint density at radius 1 is 1.08 bits per heavy atom. The molecule has 0 atom stereocenters. The second kappa shape index (κ2) is 7.07. The number of amides is 1. The first-order chi connectivity index (χ1) is 11.8. The van der Waals surface area contributed by atoms with Gasteiger partial charge in [0.2, 0.25) is 5.91 Å². The summed E-state index contributed by atoms with van der Waals surface area (Å²) in [5.41, 5.74) is 0. The number of ether oxygens (including phenoxy) is 1. The van der Waals surface area contributed by atoms with E-state index < -0.39 is 0 Å². The smallest absolute Gasteiger partial charge is 0.225 e. The zero-order valence-electron chi connectivity index (χ0n) is 14.1. The number of anilines is 1. The molecule has 0 unspecified atom stereocenters. The van der Waals surface area contributed by atoms with E-state index in [9.17, 15) is 4.79 Å². The largest absolute Gasteiger partial charge is 0.381 e. The van der Waals surface area contributed by atoms with Crippen molar-refractivity contribution in [3.63, 3.8) is 0 Å². The standard InChI is InChI=1S/C18H26N4O2/c23-18(15-4-11-24-12-5-15)22-13-16(14-22)20-7-9-21(10-8-20)17-3-1-2-6-19-17/h1-3,6,15-16H,4-5,7-14H2. The Morgan fingerprint density at radius 2 is 1.83 bits per heavy atom. The van der Waals surface area contributed by atoms with E-state index in [-0.39, 0.29) is 5.92 Å². The lowest BCUT2D eigenvalue weighted by molar-refractivity contribution is -0.146. The third-order valence-electron chi connectivity index (χ3n) is 5.55. The molecule has 130 valence electrons. The predicted octanol–water partition coefficient (Wildman–Crippen LogP) is 0.841. The number of hydrogen-bond donors (Lipinski definition) is 0. The molecule has 6 nitrogen and oxygen atoms in total. The molecule has 0 bridgehead atoms. The van der Waals surface area contributed by atoms with Crippen LogP contribution in [0.25, 0.3) is 0 Å². The van der Waals surface area contributed by atoms with Crippen LogP contribution in [0.2, 0.25) is 0 Å². The Morgan fingerprint density at radius 3 is 2.50 bits per heavy atom. The monoisotopic (exact) mass is 330 g/mol. The fraction of sp³-hybridized carbons (Fsp3) is 0.667. The predicted molar refractivity (Wildman–Crippen MR) is 91.9 cm³/mol. The zero-order valence-corrected chi connectivity index (χ0v) is 14.1. The molecule has 4 heterocycles. The molecule has 3 aliphatic rings. The van der Waals surface area contributed by atoms with Crippen LogP contribution < -0.4 is 4.90 Å². The van der Waals surface area contributed by atoms with Crippen molar-refractivity contribution in [3.05, 3.63) is 24.4 Å². The molecule has 0 radical (unpaired) electrons. The van der Waals surface area contributed by atoms with E-state index in [1.807, 2.05) is 23.2 Å². The third-order valence-corrected chi connectivity index (χ3v) is 5.55. The number of hydrogen-bond acceptors (Lipinski definition) is 5. The highest BCUT2D eigenvalue weighted by molar-refractivity contribution is 5.79. The maximum atomic E-state index is 12.5. The Labute approximate surface area is 143 Å². The molecular formula is C18H26N4O2. The highest BCUT2D eigenvalue weighted by atomic mass is 16.5. The summed E-state index contributed by atoms with van der Waals surface area (Å²) in [5, 5.41) is 0. The van der Waals surface area contributed by atoms with E-state index in [0.29, 0.717) is 11.9 Å². The summed E-state index contributed by atoms with van der Waals surface area (Å²) in [4.78, 5) is 23.8. The van der Waals surface area contributed by atoms with E-state index >= 15 is 0 Å². The molecule has 1 aromatic rings. The molecule has 0 saturated carbocycles. The lowest BCUT2D eigenvalue weighted by atomic mass is 9.95. The first kappa shape index (κ1) is 15.8. The zero-order chi connectivity index (χ0) is 16.4. The molecule has 0 aliphatic carbocycles. The van der Waals surface area contributed by atoms with Crippen LogP contribution in [-0.4, -0.2) is 79.2 Å². The van der Waals surface area contributed by atoms with Gasteiger partial charge in [0.1, 0.15) is 5.82 Å². The van der Waals surface area contributed by atoms with Crippen molar-refractivity contribution in [1.82, 2.24) is 14.8 Å². The lowest BCUT2D eigenvalue weighted by Crippen LogP contribution is -2.65. The van der Waals surface area contributed by atoms with Crippen LogP contribution in [0.4, 0.5) is 5.82 Å². The minimum atomic E-state index is 0.195. The minimum absolute atomic E-state index is 0.195. The highest BCUT2D eigenvalue weighted by Gasteiger charge is 2.38. The van der Waals surface area contributed by atoms with E-state index in [2.05, 4.69) is 20.9 Å². The summed E-state index contributed by atoms with van der Waals surface area (Å²) in [6.45, 7) is 7.43. The molecule has 3 fully saturated rings. The van der Waals surface area contributed by atoms with E-state index in [4.69, 9.17) is 4.74 Å². The molecule has 3 saturated heterocycles. The maximum Gasteiger partial charge on any atom is 0.225 e. The highest BCUT2D eigenvalue weighted by Crippen LogP contribution is 2.24. The molecule has 6 heteroatoms.